The van der Waals surface area contributed by atoms with Crippen LogP contribution in [0.5, 0.6) is 5.75 Å². The predicted molar refractivity (Wildman–Crippen MR) is 95.9 cm³/mol. The van der Waals surface area contributed by atoms with Gasteiger partial charge in [0.05, 0.1) is 11.2 Å². The average molecular weight is 329 g/mol. The van der Waals surface area contributed by atoms with Crippen molar-refractivity contribution in [3.8, 4) is 5.75 Å². The van der Waals surface area contributed by atoms with E-state index in [0.717, 1.165) is 30.7 Å². The Morgan fingerprint density at radius 1 is 1.04 bits per heavy atom. The van der Waals surface area contributed by atoms with Crippen LogP contribution in [0.3, 0.4) is 0 Å². The van der Waals surface area contributed by atoms with Gasteiger partial charge in [0, 0.05) is 6.42 Å². The molecule has 2 saturated heterocycles. The Balaban J connectivity index is 1.50. The van der Waals surface area contributed by atoms with Gasteiger partial charge in [-0.25, -0.2) is 0 Å². The summed E-state index contributed by atoms with van der Waals surface area (Å²) in [5.74, 6) is 1.71. The Morgan fingerprint density at radius 2 is 1.71 bits per heavy atom. The van der Waals surface area contributed by atoms with Crippen molar-refractivity contribution in [1.82, 2.24) is 5.32 Å². The first-order valence-corrected chi connectivity index (χ1v) is 9.21. The lowest BCUT2D eigenvalue weighted by molar-refractivity contribution is 0.00578. The van der Waals surface area contributed by atoms with Gasteiger partial charge in [0.2, 0.25) is 0 Å². The molecule has 0 saturated carbocycles. The molecule has 1 unspecified atom stereocenters. The maximum atomic E-state index is 6.24. The molecule has 0 amide bonds. The maximum Gasteiger partial charge on any atom is 0.494 e. The zero-order chi connectivity index (χ0) is 16.9. The van der Waals surface area contributed by atoms with E-state index < -0.39 is 0 Å². The third-order valence-electron chi connectivity index (χ3n) is 6.22. The SMILES string of the molecule is CC1(C)OB(c2ccc3c(c2)CC(C2CCNCC2)O3)OC1(C)C. The van der Waals surface area contributed by atoms with E-state index in [2.05, 4.69) is 51.2 Å². The largest absolute Gasteiger partial charge is 0.494 e. The van der Waals surface area contributed by atoms with Crippen molar-refractivity contribution in [3.05, 3.63) is 23.8 Å². The summed E-state index contributed by atoms with van der Waals surface area (Å²) in [5.41, 5.74) is 1.79. The molecule has 0 spiro atoms. The first-order valence-electron chi connectivity index (χ1n) is 9.21. The fraction of sp³-hybridized carbons (Fsp3) is 0.684. The molecular weight excluding hydrogens is 301 g/mol. The van der Waals surface area contributed by atoms with Crippen molar-refractivity contribution in [3.63, 3.8) is 0 Å². The monoisotopic (exact) mass is 329 g/mol. The van der Waals surface area contributed by atoms with E-state index in [1.165, 1.54) is 18.4 Å². The van der Waals surface area contributed by atoms with Crippen LogP contribution in [0.4, 0.5) is 0 Å². The summed E-state index contributed by atoms with van der Waals surface area (Å²) in [5, 5.41) is 3.43. The second-order valence-electron chi connectivity index (χ2n) is 8.40. The highest BCUT2D eigenvalue weighted by molar-refractivity contribution is 6.62. The Morgan fingerprint density at radius 3 is 2.38 bits per heavy atom. The molecule has 4 rings (SSSR count). The highest BCUT2D eigenvalue weighted by Crippen LogP contribution is 2.38. The van der Waals surface area contributed by atoms with Gasteiger partial charge in [0.1, 0.15) is 11.9 Å². The Labute approximate surface area is 145 Å². The van der Waals surface area contributed by atoms with Crippen LogP contribution in [0.25, 0.3) is 0 Å². The van der Waals surface area contributed by atoms with E-state index in [-0.39, 0.29) is 18.3 Å². The third-order valence-corrected chi connectivity index (χ3v) is 6.22. The minimum absolute atomic E-state index is 0.293. The first kappa shape index (κ1) is 16.4. The van der Waals surface area contributed by atoms with Gasteiger partial charge in [-0.3, -0.25) is 0 Å². The van der Waals surface area contributed by atoms with Crippen LogP contribution in [0.1, 0.15) is 46.1 Å². The third kappa shape index (κ3) is 2.77. The number of nitrogens with one attached hydrogen (secondary N) is 1. The summed E-state index contributed by atoms with van der Waals surface area (Å²) < 4.78 is 18.6. The summed E-state index contributed by atoms with van der Waals surface area (Å²) >= 11 is 0. The van der Waals surface area contributed by atoms with Gasteiger partial charge in [0.25, 0.3) is 0 Å². The van der Waals surface area contributed by atoms with Crippen molar-refractivity contribution >= 4 is 12.6 Å². The minimum atomic E-state index is -0.301. The number of ether oxygens (including phenoxy) is 1. The molecular formula is C19H28BNO3. The van der Waals surface area contributed by atoms with Crippen LogP contribution >= 0.6 is 0 Å². The highest BCUT2D eigenvalue weighted by atomic mass is 16.7. The number of benzene rings is 1. The van der Waals surface area contributed by atoms with Crippen molar-refractivity contribution < 1.29 is 14.0 Å². The van der Waals surface area contributed by atoms with E-state index in [0.29, 0.717) is 12.0 Å². The van der Waals surface area contributed by atoms with E-state index in [4.69, 9.17) is 14.0 Å². The molecule has 1 aromatic carbocycles. The number of fused-ring (bicyclic) bond motifs is 1. The van der Waals surface area contributed by atoms with Gasteiger partial charge in [-0.05, 0) is 76.6 Å². The van der Waals surface area contributed by atoms with Crippen molar-refractivity contribution in [2.45, 2.75) is 64.3 Å². The number of hydrogen-bond acceptors (Lipinski definition) is 4. The van der Waals surface area contributed by atoms with E-state index >= 15 is 0 Å². The normalized spacial score (nSPS) is 28.7. The minimum Gasteiger partial charge on any atom is -0.490 e. The van der Waals surface area contributed by atoms with Gasteiger partial charge in [-0.15, -0.1) is 0 Å². The lowest BCUT2D eigenvalue weighted by atomic mass is 9.78. The van der Waals surface area contributed by atoms with Crippen molar-refractivity contribution in [1.29, 1.82) is 0 Å². The van der Waals surface area contributed by atoms with E-state index in [1.54, 1.807) is 0 Å². The van der Waals surface area contributed by atoms with Crippen LogP contribution < -0.4 is 15.5 Å². The van der Waals surface area contributed by atoms with Gasteiger partial charge < -0.3 is 19.4 Å². The second-order valence-corrected chi connectivity index (χ2v) is 8.40. The molecule has 3 heterocycles. The smallest absolute Gasteiger partial charge is 0.490 e. The number of piperidine rings is 1. The topological polar surface area (TPSA) is 39.7 Å². The van der Waals surface area contributed by atoms with Gasteiger partial charge >= 0.3 is 7.12 Å². The molecule has 1 atom stereocenters. The molecule has 3 aliphatic rings. The maximum absolute atomic E-state index is 6.24. The van der Waals surface area contributed by atoms with Gasteiger partial charge in [0.15, 0.2) is 0 Å². The van der Waals surface area contributed by atoms with Gasteiger partial charge in [-0.2, -0.15) is 0 Å². The standard InChI is InChI=1S/C19H28BNO3/c1-18(2)19(3,4)24-20(23-18)15-5-6-16-14(11-15)12-17(22-16)13-7-9-21-10-8-13/h5-6,11,13,17,21H,7-10,12H2,1-4H3. The molecule has 4 nitrogen and oxygen atoms in total. The van der Waals surface area contributed by atoms with E-state index in [1.807, 2.05) is 0 Å². The molecule has 3 aliphatic heterocycles. The predicted octanol–water partition coefficient (Wildman–Crippen LogP) is 2.29. The van der Waals surface area contributed by atoms with Crippen LogP contribution in [0, 0.1) is 5.92 Å². The summed E-state index contributed by atoms with van der Waals surface area (Å²) in [6.45, 7) is 10.6. The lowest BCUT2D eigenvalue weighted by Gasteiger charge is -2.32. The van der Waals surface area contributed by atoms with Crippen molar-refractivity contribution in [2.75, 3.05) is 13.1 Å². The fourth-order valence-electron chi connectivity index (χ4n) is 3.90. The molecule has 0 aromatic heterocycles. The second kappa shape index (κ2) is 5.75. The zero-order valence-corrected chi connectivity index (χ0v) is 15.2. The van der Waals surface area contributed by atoms with Crippen LogP contribution in [0.2, 0.25) is 0 Å². The molecule has 0 radical (unpaired) electrons. The highest BCUT2D eigenvalue weighted by Gasteiger charge is 2.51. The Hall–Kier alpha value is -1.04. The molecule has 5 heteroatoms. The zero-order valence-electron chi connectivity index (χ0n) is 15.2. The summed E-state index contributed by atoms with van der Waals surface area (Å²) in [4.78, 5) is 0. The van der Waals surface area contributed by atoms with Crippen LogP contribution in [0.15, 0.2) is 18.2 Å². The molecule has 0 aliphatic carbocycles. The summed E-state index contributed by atoms with van der Waals surface area (Å²) in [7, 11) is -0.293. The van der Waals surface area contributed by atoms with Gasteiger partial charge in [-0.1, -0.05) is 12.1 Å². The fourth-order valence-corrected chi connectivity index (χ4v) is 3.90. The Bertz CT molecular complexity index is 609. The molecule has 1 aromatic rings. The molecule has 1 N–H and O–H groups in total. The van der Waals surface area contributed by atoms with Crippen molar-refractivity contribution in [2.24, 2.45) is 5.92 Å². The number of rotatable bonds is 2. The van der Waals surface area contributed by atoms with Crippen LogP contribution in [-0.4, -0.2) is 37.5 Å². The molecule has 2 fully saturated rings. The molecule has 0 bridgehead atoms. The summed E-state index contributed by atoms with van der Waals surface area (Å²) in [6, 6.07) is 6.40. The lowest BCUT2D eigenvalue weighted by Crippen LogP contribution is -2.41. The van der Waals surface area contributed by atoms with E-state index in [9.17, 15) is 0 Å². The van der Waals surface area contributed by atoms with Crippen LogP contribution in [-0.2, 0) is 15.7 Å². The molecule has 130 valence electrons. The number of hydrogen-bond donors (Lipinski definition) is 1. The Kier molecular flexibility index (Phi) is 3.94. The summed E-state index contributed by atoms with van der Waals surface area (Å²) in [6.07, 6.45) is 3.76. The average Bonchev–Trinajstić information content (AvgIpc) is 3.06. The first-order chi connectivity index (χ1) is 11.4. The quantitative estimate of drug-likeness (QED) is 0.845. The molecule has 24 heavy (non-hydrogen) atoms.